The Morgan fingerprint density at radius 2 is 2.00 bits per heavy atom. The number of carbonyl (C=O) groups is 1. The number of nitrogens with one attached hydrogen (secondary N) is 1. The number of aromatic nitrogens is 3. The van der Waals surface area contributed by atoms with Gasteiger partial charge in [-0.3, -0.25) is 4.79 Å². The Labute approximate surface area is 148 Å². The molecule has 0 saturated carbocycles. The van der Waals surface area contributed by atoms with Crippen LogP contribution in [0.25, 0.3) is 5.69 Å². The summed E-state index contributed by atoms with van der Waals surface area (Å²) in [6.07, 6.45) is 1.39. The predicted octanol–water partition coefficient (Wildman–Crippen LogP) is 1.73. The summed E-state index contributed by atoms with van der Waals surface area (Å²) in [5.74, 6) is -0.305. The molecule has 0 saturated heterocycles. The van der Waals surface area contributed by atoms with Gasteiger partial charge in [0.05, 0.1) is 31.2 Å². The quantitative estimate of drug-likeness (QED) is 0.797. The second-order valence-corrected chi connectivity index (χ2v) is 7.04. The summed E-state index contributed by atoms with van der Waals surface area (Å²) in [6, 6.07) is 7.79. The van der Waals surface area contributed by atoms with Gasteiger partial charge in [0.25, 0.3) is 5.91 Å². The van der Waals surface area contributed by atoms with Crippen LogP contribution in [0.4, 0.5) is 0 Å². The molecule has 1 aromatic carbocycles. The molecule has 1 aromatic heterocycles. The summed E-state index contributed by atoms with van der Waals surface area (Å²) in [7, 11) is 0. The maximum absolute atomic E-state index is 12.3. The molecule has 1 amide bonds. The number of benzene rings is 1. The molecule has 2 N–H and O–H groups in total. The molecule has 1 unspecified atom stereocenters. The van der Waals surface area contributed by atoms with E-state index < -0.39 is 0 Å². The average molecular weight is 346 g/mol. The highest BCUT2D eigenvalue weighted by molar-refractivity contribution is 5.91. The van der Waals surface area contributed by atoms with Gasteiger partial charge in [-0.15, -0.1) is 5.10 Å². The smallest absolute Gasteiger partial charge is 0.273 e. The highest BCUT2D eigenvalue weighted by Gasteiger charge is 2.26. The van der Waals surface area contributed by atoms with Crippen molar-refractivity contribution in [2.24, 2.45) is 5.41 Å². The van der Waals surface area contributed by atoms with E-state index in [0.29, 0.717) is 6.54 Å². The van der Waals surface area contributed by atoms with E-state index in [-0.39, 0.29) is 36.3 Å². The number of nitrogens with zero attached hydrogens (tertiary/aromatic N) is 3. The van der Waals surface area contributed by atoms with E-state index >= 15 is 0 Å². The first-order valence-corrected chi connectivity index (χ1v) is 8.31. The zero-order chi connectivity index (χ0) is 18.4. The van der Waals surface area contributed by atoms with Crippen molar-refractivity contribution in [1.82, 2.24) is 20.3 Å². The second-order valence-electron chi connectivity index (χ2n) is 7.04. The van der Waals surface area contributed by atoms with Crippen LogP contribution in [-0.4, -0.2) is 51.9 Å². The number of hydrogen-bond donors (Lipinski definition) is 2. The molecule has 0 radical (unpaired) electrons. The van der Waals surface area contributed by atoms with Gasteiger partial charge in [-0.2, -0.15) is 0 Å². The summed E-state index contributed by atoms with van der Waals surface area (Å²) in [6.45, 7) is 8.60. The molecule has 0 bridgehead atoms. The van der Waals surface area contributed by atoms with Crippen LogP contribution in [0.15, 0.2) is 30.5 Å². The summed E-state index contributed by atoms with van der Waals surface area (Å²) >= 11 is 0. The molecule has 2 aromatic rings. The Bertz CT molecular complexity index is 689. The third kappa shape index (κ3) is 5.37. The molecule has 7 heteroatoms. The zero-order valence-electron chi connectivity index (χ0n) is 15.2. The molecule has 25 heavy (non-hydrogen) atoms. The van der Waals surface area contributed by atoms with Crippen molar-refractivity contribution in [3.63, 3.8) is 0 Å². The number of rotatable bonds is 7. The lowest BCUT2D eigenvalue weighted by Gasteiger charge is -2.30. The summed E-state index contributed by atoms with van der Waals surface area (Å²) in [5.41, 5.74) is 2.08. The molecular formula is C18H26N4O3. The number of aryl methyl sites for hydroxylation is 1. The van der Waals surface area contributed by atoms with Gasteiger partial charge in [0.15, 0.2) is 5.69 Å². The van der Waals surface area contributed by atoms with Crippen molar-refractivity contribution < 1.29 is 14.6 Å². The normalized spacial score (nSPS) is 12.8. The van der Waals surface area contributed by atoms with Crippen LogP contribution >= 0.6 is 0 Å². The minimum atomic E-state index is -0.305. The number of aliphatic hydroxyl groups excluding tert-OH is 1. The van der Waals surface area contributed by atoms with Crippen molar-refractivity contribution in [3.8, 4) is 5.69 Å². The highest BCUT2D eigenvalue weighted by atomic mass is 16.5. The third-order valence-electron chi connectivity index (χ3n) is 3.85. The van der Waals surface area contributed by atoms with E-state index in [0.717, 1.165) is 11.3 Å². The Morgan fingerprint density at radius 3 is 2.60 bits per heavy atom. The average Bonchev–Trinajstić information content (AvgIpc) is 3.04. The molecular weight excluding hydrogens is 320 g/mol. The largest absolute Gasteiger partial charge is 0.394 e. The van der Waals surface area contributed by atoms with E-state index in [1.807, 2.05) is 52.0 Å². The SMILES string of the molecule is Cc1ccc(-n2cc(C(=O)NCC(OCCO)C(C)(C)C)nn2)cc1. The number of ether oxygens (including phenoxy) is 1. The van der Waals surface area contributed by atoms with E-state index in [1.165, 1.54) is 0 Å². The van der Waals surface area contributed by atoms with Crippen LogP contribution in [-0.2, 0) is 4.74 Å². The maximum Gasteiger partial charge on any atom is 0.273 e. The molecule has 2 rings (SSSR count). The van der Waals surface area contributed by atoms with Crippen molar-refractivity contribution in [2.45, 2.75) is 33.8 Å². The van der Waals surface area contributed by atoms with Gasteiger partial charge >= 0.3 is 0 Å². The molecule has 1 heterocycles. The fraction of sp³-hybridized carbons (Fsp3) is 0.500. The fourth-order valence-corrected chi connectivity index (χ4v) is 2.28. The molecule has 0 aliphatic rings. The lowest BCUT2D eigenvalue weighted by Crippen LogP contribution is -2.41. The van der Waals surface area contributed by atoms with Gasteiger partial charge in [0, 0.05) is 6.54 Å². The zero-order valence-corrected chi connectivity index (χ0v) is 15.2. The van der Waals surface area contributed by atoms with Gasteiger partial charge in [-0.05, 0) is 24.5 Å². The van der Waals surface area contributed by atoms with Gasteiger partial charge in [-0.25, -0.2) is 4.68 Å². The Kier molecular flexibility index (Phi) is 6.27. The van der Waals surface area contributed by atoms with Gasteiger partial charge < -0.3 is 15.2 Å². The van der Waals surface area contributed by atoms with Crippen LogP contribution in [0.1, 0.15) is 36.8 Å². The Hall–Kier alpha value is -2.25. The molecule has 0 aliphatic heterocycles. The second kappa shape index (κ2) is 8.22. The van der Waals surface area contributed by atoms with Crippen LogP contribution in [0.2, 0.25) is 0 Å². The molecule has 0 aliphatic carbocycles. The van der Waals surface area contributed by atoms with Crippen LogP contribution < -0.4 is 5.32 Å². The molecule has 1 atom stereocenters. The first-order valence-electron chi connectivity index (χ1n) is 8.31. The van der Waals surface area contributed by atoms with Crippen LogP contribution in [0, 0.1) is 12.3 Å². The molecule has 0 spiro atoms. The van der Waals surface area contributed by atoms with E-state index in [9.17, 15) is 4.79 Å². The van der Waals surface area contributed by atoms with E-state index in [1.54, 1.807) is 10.9 Å². The molecule has 0 fully saturated rings. The number of hydrogen-bond acceptors (Lipinski definition) is 5. The minimum absolute atomic E-state index is 0.0502. The third-order valence-corrected chi connectivity index (χ3v) is 3.85. The lowest BCUT2D eigenvalue weighted by molar-refractivity contribution is -0.0291. The van der Waals surface area contributed by atoms with Crippen molar-refractivity contribution in [2.75, 3.05) is 19.8 Å². The summed E-state index contributed by atoms with van der Waals surface area (Å²) in [5, 5.41) is 19.7. The van der Waals surface area contributed by atoms with Crippen molar-refractivity contribution >= 4 is 5.91 Å². The van der Waals surface area contributed by atoms with Gasteiger partial charge in [0.2, 0.25) is 0 Å². The summed E-state index contributed by atoms with van der Waals surface area (Å²) < 4.78 is 7.19. The minimum Gasteiger partial charge on any atom is -0.394 e. The first kappa shape index (κ1) is 19.1. The highest BCUT2D eigenvalue weighted by Crippen LogP contribution is 2.21. The van der Waals surface area contributed by atoms with Gasteiger partial charge in [0.1, 0.15) is 0 Å². The topological polar surface area (TPSA) is 89.3 Å². The number of amides is 1. The Balaban J connectivity index is 2.00. The molecule has 136 valence electrons. The van der Waals surface area contributed by atoms with E-state index in [4.69, 9.17) is 9.84 Å². The first-order chi connectivity index (χ1) is 11.8. The monoisotopic (exact) mass is 346 g/mol. The van der Waals surface area contributed by atoms with Crippen LogP contribution in [0.5, 0.6) is 0 Å². The lowest BCUT2D eigenvalue weighted by atomic mass is 9.89. The van der Waals surface area contributed by atoms with E-state index in [2.05, 4.69) is 15.6 Å². The predicted molar refractivity (Wildman–Crippen MR) is 94.7 cm³/mol. The fourth-order valence-electron chi connectivity index (χ4n) is 2.28. The maximum atomic E-state index is 12.3. The van der Waals surface area contributed by atoms with Crippen molar-refractivity contribution in [1.29, 1.82) is 0 Å². The standard InChI is InChI=1S/C18H26N4O3/c1-13-5-7-14(8-6-13)22-12-15(20-21-22)17(24)19-11-16(18(2,3)4)25-10-9-23/h5-8,12,16,23H,9-11H2,1-4H3,(H,19,24). The van der Waals surface area contributed by atoms with Gasteiger partial charge in [-0.1, -0.05) is 43.7 Å². The van der Waals surface area contributed by atoms with Crippen molar-refractivity contribution in [3.05, 3.63) is 41.7 Å². The molecule has 7 nitrogen and oxygen atoms in total. The number of carbonyl (C=O) groups excluding carboxylic acids is 1. The van der Waals surface area contributed by atoms with Crippen LogP contribution in [0.3, 0.4) is 0 Å². The summed E-state index contributed by atoms with van der Waals surface area (Å²) in [4.78, 5) is 12.3. The Morgan fingerprint density at radius 1 is 1.32 bits per heavy atom. The number of aliphatic hydroxyl groups is 1.